The van der Waals surface area contributed by atoms with Crippen LogP contribution in [0.2, 0.25) is 5.02 Å². The van der Waals surface area contributed by atoms with Gasteiger partial charge in [0.2, 0.25) is 0 Å². The maximum absolute atomic E-state index is 6.06. The first-order valence-corrected chi connectivity index (χ1v) is 6.74. The number of benzene rings is 1. The Hall–Kier alpha value is -0.440. The van der Waals surface area contributed by atoms with Crippen LogP contribution >= 0.6 is 23.2 Å². The van der Waals surface area contributed by atoms with E-state index < -0.39 is 0 Å². The number of nitrogens with zero attached hydrogens (tertiary/aromatic N) is 1. The summed E-state index contributed by atoms with van der Waals surface area (Å²) in [6.07, 6.45) is 1.17. The lowest BCUT2D eigenvalue weighted by Crippen LogP contribution is -2.22. The lowest BCUT2D eigenvalue weighted by Gasteiger charge is -2.21. The van der Waals surface area contributed by atoms with Gasteiger partial charge in [0.05, 0.1) is 6.61 Å². The second kappa shape index (κ2) is 5.94. The Bertz CT molecular complexity index is 384. The van der Waals surface area contributed by atoms with Crippen LogP contribution in [0, 0.1) is 5.92 Å². The largest absolute Gasteiger partial charge is 0.384 e. The van der Waals surface area contributed by atoms with Crippen molar-refractivity contribution < 1.29 is 4.74 Å². The van der Waals surface area contributed by atoms with E-state index in [4.69, 9.17) is 27.9 Å². The van der Waals surface area contributed by atoms with Crippen LogP contribution in [0.25, 0.3) is 0 Å². The minimum atomic E-state index is 0.526. The van der Waals surface area contributed by atoms with Crippen molar-refractivity contribution in [3.63, 3.8) is 0 Å². The Kier molecular flexibility index (Phi) is 4.55. The van der Waals surface area contributed by atoms with E-state index in [9.17, 15) is 0 Å². The molecule has 0 N–H and O–H groups in total. The van der Waals surface area contributed by atoms with Crippen LogP contribution in [0.3, 0.4) is 0 Å². The van der Waals surface area contributed by atoms with Crippen LogP contribution < -0.4 is 4.90 Å². The van der Waals surface area contributed by atoms with Gasteiger partial charge in [-0.25, -0.2) is 0 Å². The molecule has 1 fully saturated rings. The minimum absolute atomic E-state index is 0.526. The molecule has 1 aromatic rings. The highest BCUT2D eigenvalue weighted by atomic mass is 35.5. The van der Waals surface area contributed by atoms with Gasteiger partial charge in [-0.1, -0.05) is 17.7 Å². The Morgan fingerprint density at radius 2 is 2.29 bits per heavy atom. The highest BCUT2D eigenvalue weighted by Crippen LogP contribution is 2.30. The molecule has 0 aliphatic carbocycles. The van der Waals surface area contributed by atoms with Gasteiger partial charge in [-0.05, 0) is 24.1 Å². The number of methoxy groups -OCH3 is 1. The van der Waals surface area contributed by atoms with Crippen LogP contribution in [-0.4, -0.2) is 26.8 Å². The molecule has 1 aliphatic rings. The van der Waals surface area contributed by atoms with Gasteiger partial charge >= 0.3 is 0 Å². The van der Waals surface area contributed by atoms with Crippen molar-refractivity contribution in [3.05, 3.63) is 28.8 Å². The van der Waals surface area contributed by atoms with Crippen LogP contribution in [0.1, 0.15) is 12.0 Å². The molecule has 2 rings (SSSR count). The molecule has 0 amide bonds. The number of ether oxygens (including phenoxy) is 1. The molecule has 0 bridgehead atoms. The third-order valence-corrected chi connectivity index (χ3v) is 3.74. The molecule has 2 nitrogen and oxygen atoms in total. The van der Waals surface area contributed by atoms with Crippen LogP contribution in [0.5, 0.6) is 0 Å². The predicted octanol–water partition coefficient (Wildman–Crippen LogP) is 3.55. The van der Waals surface area contributed by atoms with E-state index in [1.165, 1.54) is 12.1 Å². The molecule has 1 aromatic carbocycles. The summed E-state index contributed by atoms with van der Waals surface area (Å²) in [5.41, 5.74) is 2.32. The third kappa shape index (κ3) is 3.06. The summed E-state index contributed by atoms with van der Waals surface area (Å²) in [6.45, 7) is 2.91. The van der Waals surface area contributed by atoms with Crippen molar-refractivity contribution >= 4 is 28.9 Å². The van der Waals surface area contributed by atoms with Crippen molar-refractivity contribution in [3.8, 4) is 0 Å². The highest BCUT2D eigenvalue weighted by molar-refractivity contribution is 6.31. The van der Waals surface area contributed by atoms with Gasteiger partial charge in [0.15, 0.2) is 0 Å². The van der Waals surface area contributed by atoms with E-state index in [0.29, 0.717) is 11.8 Å². The second-order valence-electron chi connectivity index (χ2n) is 4.46. The van der Waals surface area contributed by atoms with Crippen molar-refractivity contribution in [1.82, 2.24) is 0 Å². The number of halogens is 2. The van der Waals surface area contributed by atoms with Crippen LogP contribution in [0.15, 0.2) is 18.2 Å². The normalized spacial score (nSPS) is 19.9. The van der Waals surface area contributed by atoms with Crippen molar-refractivity contribution in [2.24, 2.45) is 5.92 Å². The summed E-state index contributed by atoms with van der Waals surface area (Å²) in [7, 11) is 1.76. The fourth-order valence-electron chi connectivity index (χ4n) is 2.37. The molecule has 0 spiro atoms. The maximum Gasteiger partial charge on any atom is 0.0508 e. The molecule has 1 atom stereocenters. The predicted molar refractivity (Wildman–Crippen MR) is 73.2 cm³/mol. The zero-order chi connectivity index (χ0) is 12.3. The molecular weight excluding hydrogens is 257 g/mol. The summed E-state index contributed by atoms with van der Waals surface area (Å²) in [5, 5.41) is 0.768. The van der Waals surface area contributed by atoms with Gasteiger partial charge in [-0.3, -0.25) is 0 Å². The number of alkyl halides is 1. The fraction of sp³-hybridized carbons (Fsp3) is 0.538. The lowest BCUT2D eigenvalue weighted by atomic mass is 10.1. The lowest BCUT2D eigenvalue weighted by molar-refractivity contribution is 0.161. The first-order valence-electron chi connectivity index (χ1n) is 5.83. The van der Waals surface area contributed by atoms with Crippen molar-refractivity contribution in [1.29, 1.82) is 0 Å². The number of hydrogen-bond donors (Lipinski definition) is 0. The Morgan fingerprint density at radius 1 is 1.47 bits per heavy atom. The molecule has 94 valence electrons. The Balaban J connectivity index is 2.14. The molecule has 0 radical (unpaired) electrons. The summed E-state index contributed by atoms with van der Waals surface area (Å²) in [5.74, 6) is 1.14. The van der Waals surface area contributed by atoms with Gasteiger partial charge in [0.1, 0.15) is 0 Å². The molecular formula is C13H17Cl2NO. The molecule has 1 aliphatic heterocycles. The second-order valence-corrected chi connectivity index (χ2v) is 5.17. The molecule has 1 unspecified atom stereocenters. The van der Waals surface area contributed by atoms with Crippen LogP contribution in [0.4, 0.5) is 5.69 Å². The fourth-order valence-corrected chi connectivity index (χ4v) is 2.76. The zero-order valence-corrected chi connectivity index (χ0v) is 11.5. The Labute approximate surface area is 112 Å². The monoisotopic (exact) mass is 273 g/mol. The van der Waals surface area contributed by atoms with Gasteiger partial charge in [0, 0.05) is 42.7 Å². The number of rotatable bonds is 4. The SMILES string of the molecule is COCC1CCN(c2cc(Cl)ccc2CCl)C1. The zero-order valence-electron chi connectivity index (χ0n) is 9.96. The minimum Gasteiger partial charge on any atom is -0.384 e. The first kappa shape index (κ1) is 13.0. The summed E-state index contributed by atoms with van der Waals surface area (Å²) >= 11 is 12.0. The molecule has 17 heavy (non-hydrogen) atoms. The molecule has 0 aromatic heterocycles. The average molecular weight is 274 g/mol. The first-order chi connectivity index (χ1) is 8.24. The third-order valence-electron chi connectivity index (χ3n) is 3.22. The van der Waals surface area contributed by atoms with E-state index in [0.717, 1.165) is 30.3 Å². The van der Waals surface area contributed by atoms with Gasteiger partial charge in [-0.2, -0.15) is 0 Å². The average Bonchev–Trinajstić information content (AvgIpc) is 2.78. The van der Waals surface area contributed by atoms with E-state index in [1.54, 1.807) is 7.11 Å². The molecule has 0 saturated carbocycles. The highest BCUT2D eigenvalue weighted by Gasteiger charge is 2.24. The topological polar surface area (TPSA) is 12.5 Å². The molecule has 4 heteroatoms. The van der Waals surface area contributed by atoms with E-state index >= 15 is 0 Å². The summed E-state index contributed by atoms with van der Waals surface area (Å²) in [6, 6.07) is 5.91. The molecule has 1 heterocycles. The number of anilines is 1. The smallest absolute Gasteiger partial charge is 0.0508 e. The van der Waals surface area contributed by atoms with E-state index in [1.807, 2.05) is 18.2 Å². The molecule has 1 saturated heterocycles. The van der Waals surface area contributed by atoms with Gasteiger partial charge in [-0.15, -0.1) is 11.6 Å². The van der Waals surface area contributed by atoms with Gasteiger partial charge < -0.3 is 9.64 Å². The van der Waals surface area contributed by atoms with Crippen LogP contribution in [-0.2, 0) is 10.6 Å². The van der Waals surface area contributed by atoms with Crippen molar-refractivity contribution in [2.45, 2.75) is 12.3 Å². The Morgan fingerprint density at radius 3 is 3.00 bits per heavy atom. The summed E-state index contributed by atoms with van der Waals surface area (Å²) < 4.78 is 5.21. The van der Waals surface area contributed by atoms with Crippen molar-refractivity contribution in [2.75, 3.05) is 31.7 Å². The quantitative estimate of drug-likeness (QED) is 0.778. The standard InChI is InChI=1S/C13H17Cl2NO/c1-17-9-10-4-5-16(8-10)13-6-12(15)3-2-11(13)7-14/h2-3,6,10H,4-5,7-9H2,1H3. The van der Waals surface area contributed by atoms with E-state index in [-0.39, 0.29) is 0 Å². The number of hydrogen-bond acceptors (Lipinski definition) is 2. The van der Waals surface area contributed by atoms with E-state index in [2.05, 4.69) is 4.90 Å². The van der Waals surface area contributed by atoms with Gasteiger partial charge in [0.25, 0.3) is 0 Å². The maximum atomic E-state index is 6.06. The summed E-state index contributed by atoms with van der Waals surface area (Å²) in [4.78, 5) is 2.35.